The molecule has 4 rings (SSSR count). The lowest BCUT2D eigenvalue weighted by Gasteiger charge is -2.32. The molecule has 0 amide bonds. The maximum absolute atomic E-state index is 5.53. The van der Waals surface area contributed by atoms with Gasteiger partial charge in [-0.25, -0.2) is 0 Å². The number of benzene rings is 2. The monoisotopic (exact) mass is 406 g/mol. The highest BCUT2D eigenvalue weighted by Gasteiger charge is 2.30. The molecule has 0 aromatic heterocycles. The number of likely N-dealkylation sites (tertiary alicyclic amines) is 1. The molecule has 0 bridgehead atoms. The Labute approximate surface area is 180 Å². The van der Waals surface area contributed by atoms with Crippen molar-refractivity contribution in [1.29, 1.82) is 0 Å². The van der Waals surface area contributed by atoms with Gasteiger partial charge in [0.15, 0.2) is 5.96 Å². The summed E-state index contributed by atoms with van der Waals surface area (Å²) in [6, 6.07) is 22.1. The van der Waals surface area contributed by atoms with E-state index in [2.05, 4.69) is 82.7 Å². The first-order valence-corrected chi connectivity index (χ1v) is 11.3. The second-order valence-electron chi connectivity index (χ2n) is 8.11. The van der Waals surface area contributed by atoms with Crippen LogP contribution >= 0.6 is 0 Å². The molecule has 2 heterocycles. The van der Waals surface area contributed by atoms with Crippen LogP contribution in [0.4, 0.5) is 0 Å². The summed E-state index contributed by atoms with van der Waals surface area (Å²) in [7, 11) is 0. The predicted molar refractivity (Wildman–Crippen MR) is 123 cm³/mol. The summed E-state index contributed by atoms with van der Waals surface area (Å²) in [5, 5.41) is 3.54. The number of aliphatic imine (C=N–C) groups is 1. The molecule has 2 aliphatic rings. The van der Waals surface area contributed by atoms with Crippen LogP contribution in [0.3, 0.4) is 0 Å². The molecule has 0 aliphatic carbocycles. The highest BCUT2D eigenvalue weighted by Crippen LogP contribution is 2.25. The van der Waals surface area contributed by atoms with E-state index in [1.165, 1.54) is 17.5 Å². The number of morpholine rings is 1. The van der Waals surface area contributed by atoms with Gasteiger partial charge in [0.2, 0.25) is 0 Å². The standard InChI is InChI=1S/C25H34N4O/c1-2-26-25(29-14-13-23(20-29)28-15-17-30-18-16-28)27-19-24(21-9-5-3-6-10-21)22-11-7-4-8-12-22/h3-12,23-24H,2,13-20H2,1H3,(H,26,27). The van der Waals surface area contributed by atoms with Crippen molar-refractivity contribution in [2.75, 3.05) is 52.5 Å². The van der Waals surface area contributed by atoms with Crippen LogP contribution in [0.5, 0.6) is 0 Å². The quantitative estimate of drug-likeness (QED) is 0.591. The highest BCUT2D eigenvalue weighted by molar-refractivity contribution is 5.80. The Morgan fingerprint density at radius 3 is 2.23 bits per heavy atom. The first kappa shape index (κ1) is 20.9. The molecule has 30 heavy (non-hydrogen) atoms. The molecular formula is C25H34N4O. The fraction of sp³-hybridized carbons (Fsp3) is 0.480. The molecule has 2 aromatic rings. The zero-order valence-electron chi connectivity index (χ0n) is 18.0. The summed E-state index contributed by atoms with van der Waals surface area (Å²) in [6.07, 6.45) is 1.20. The summed E-state index contributed by atoms with van der Waals surface area (Å²) in [5.74, 6) is 1.31. The van der Waals surface area contributed by atoms with Crippen molar-refractivity contribution in [3.63, 3.8) is 0 Å². The Kier molecular flexibility index (Phi) is 7.38. The third-order valence-corrected chi connectivity index (χ3v) is 6.19. The molecule has 1 unspecified atom stereocenters. The first-order chi connectivity index (χ1) is 14.8. The average Bonchev–Trinajstić information content (AvgIpc) is 3.31. The summed E-state index contributed by atoms with van der Waals surface area (Å²) >= 11 is 0. The number of guanidine groups is 1. The van der Waals surface area contributed by atoms with E-state index in [0.717, 1.165) is 58.4 Å². The van der Waals surface area contributed by atoms with E-state index < -0.39 is 0 Å². The Hall–Kier alpha value is -2.37. The van der Waals surface area contributed by atoms with Crippen LogP contribution in [0.1, 0.15) is 30.4 Å². The minimum atomic E-state index is 0.263. The maximum Gasteiger partial charge on any atom is 0.194 e. The number of hydrogen-bond donors (Lipinski definition) is 1. The van der Waals surface area contributed by atoms with E-state index in [-0.39, 0.29) is 5.92 Å². The molecule has 2 aliphatic heterocycles. The second-order valence-corrected chi connectivity index (χ2v) is 8.11. The zero-order valence-corrected chi connectivity index (χ0v) is 18.0. The van der Waals surface area contributed by atoms with Crippen LogP contribution < -0.4 is 5.32 Å². The molecule has 2 aromatic carbocycles. The fourth-order valence-electron chi connectivity index (χ4n) is 4.55. The molecule has 1 atom stereocenters. The van der Waals surface area contributed by atoms with Crippen LogP contribution in [0.25, 0.3) is 0 Å². The van der Waals surface area contributed by atoms with E-state index in [1.54, 1.807) is 0 Å². The molecule has 160 valence electrons. The molecular weight excluding hydrogens is 372 g/mol. The average molecular weight is 407 g/mol. The summed E-state index contributed by atoms with van der Waals surface area (Å²) in [4.78, 5) is 10.1. The number of rotatable bonds is 6. The van der Waals surface area contributed by atoms with Crippen LogP contribution in [-0.2, 0) is 4.74 Å². The van der Waals surface area contributed by atoms with Gasteiger partial charge >= 0.3 is 0 Å². The van der Waals surface area contributed by atoms with Crippen LogP contribution in [0, 0.1) is 0 Å². The smallest absolute Gasteiger partial charge is 0.194 e. The Bertz CT molecular complexity index is 750. The Balaban J connectivity index is 1.49. The zero-order chi connectivity index (χ0) is 20.6. The van der Waals surface area contributed by atoms with Crippen molar-refractivity contribution in [2.24, 2.45) is 4.99 Å². The lowest BCUT2D eigenvalue weighted by Crippen LogP contribution is -2.46. The molecule has 0 radical (unpaired) electrons. The molecule has 5 heteroatoms. The van der Waals surface area contributed by atoms with Crippen molar-refractivity contribution < 1.29 is 4.74 Å². The van der Waals surface area contributed by atoms with Gasteiger partial charge in [-0.05, 0) is 24.5 Å². The largest absolute Gasteiger partial charge is 0.379 e. The van der Waals surface area contributed by atoms with Gasteiger partial charge in [-0.2, -0.15) is 0 Å². The third kappa shape index (κ3) is 5.21. The van der Waals surface area contributed by atoms with Gasteiger partial charge in [-0.15, -0.1) is 0 Å². The van der Waals surface area contributed by atoms with Gasteiger partial charge in [0.1, 0.15) is 0 Å². The number of hydrogen-bond acceptors (Lipinski definition) is 3. The SMILES string of the molecule is CCNC(=NCC(c1ccccc1)c1ccccc1)N1CCC(N2CCOCC2)C1. The van der Waals surface area contributed by atoms with Gasteiger partial charge in [0, 0.05) is 44.7 Å². The first-order valence-electron chi connectivity index (χ1n) is 11.3. The van der Waals surface area contributed by atoms with Gasteiger partial charge in [0.05, 0.1) is 19.8 Å². The number of ether oxygens (including phenoxy) is 1. The second kappa shape index (κ2) is 10.6. The summed E-state index contributed by atoms with van der Waals surface area (Å²) < 4.78 is 5.53. The van der Waals surface area contributed by atoms with Gasteiger partial charge in [-0.3, -0.25) is 9.89 Å². The lowest BCUT2D eigenvalue weighted by molar-refractivity contribution is 0.0195. The van der Waals surface area contributed by atoms with E-state index in [1.807, 2.05) is 0 Å². The van der Waals surface area contributed by atoms with Crippen molar-refractivity contribution in [3.05, 3.63) is 71.8 Å². The number of nitrogens with zero attached hydrogens (tertiary/aromatic N) is 3. The van der Waals surface area contributed by atoms with Crippen LogP contribution in [0.15, 0.2) is 65.7 Å². The van der Waals surface area contributed by atoms with E-state index >= 15 is 0 Å². The van der Waals surface area contributed by atoms with E-state index in [4.69, 9.17) is 9.73 Å². The molecule has 0 saturated carbocycles. The van der Waals surface area contributed by atoms with Gasteiger partial charge in [-0.1, -0.05) is 60.7 Å². The fourth-order valence-corrected chi connectivity index (χ4v) is 4.55. The molecule has 5 nitrogen and oxygen atoms in total. The minimum absolute atomic E-state index is 0.263. The van der Waals surface area contributed by atoms with Crippen molar-refractivity contribution >= 4 is 5.96 Å². The van der Waals surface area contributed by atoms with Crippen molar-refractivity contribution in [2.45, 2.75) is 25.3 Å². The number of nitrogens with one attached hydrogen (secondary N) is 1. The van der Waals surface area contributed by atoms with E-state index in [9.17, 15) is 0 Å². The molecule has 2 fully saturated rings. The summed E-state index contributed by atoms with van der Waals surface area (Å²) in [5.41, 5.74) is 2.63. The summed E-state index contributed by atoms with van der Waals surface area (Å²) in [6.45, 7) is 9.72. The van der Waals surface area contributed by atoms with Crippen molar-refractivity contribution in [1.82, 2.24) is 15.1 Å². The third-order valence-electron chi connectivity index (χ3n) is 6.19. The molecule has 2 saturated heterocycles. The van der Waals surface area contributed by atoms with Crippen LogP contribution in [-0.4, -0.2) is 74.3 Å². The molecule has 0 spiro atoms. The van der Waals surface area contributed by atoms with Crippen LogP contribution in [0.2, 0.25) is 0 Å². The normalized spacial score (nSPS) is 20.7. The highest BCUT2D eigenvalue weighted by atomic mass is 16.5. The van der Waals surface area contributed by atoms with Gasteiger partial charge in [0.25, 0.3) is 0 Å². The predicted octanol–water partition coefficient (Wildman–Crippen LogP) is 3.19. The topological polar surface area (TPSA) is 40.1 Å². The Morgan fingerprint density at radius 2 is 1.63 bits per heavy atom. The van der Waals surface area contributed by atoms with Crippen molar-refractivity contribution in [3.8, 4) is 0 Å². The molecule has 1 N–H and O–H groups in total. The Morgan fingerprint density at radius 1 is 1.00 bits per heavy atom. The maximum atomic E-state index is 5.53. The minimum Gasteiger partial charge on any atom is -0.379 e. The lowest BCUT2D eigenvalue weighted by atomic mass is 9.91. The van der Waals surface area contributed by atoms with Gasteiger partial charge < -0.3 is 15.0 Å². The van der Waals surface area contributed by atoms with E-state index in [0.29, 0.717) is 6.04 Å².